The Bertz CT molecular complexity index is 834. The molecule has 1 fully saturated rings. The molecule has 0 saturated carbocycles. The van der Waals surface area contributed by atoms with Crippen LogP contribution in [-0.2, 0) is 28.5 Å². The third-order valence-corrected chi connectivity index (χ3v) is 5.40. The maximum absolute atomic E-state index is 11.9. The number of carbonyl (C=O) groups excluding carboxylic acids is 1. The fourth-order valence-corrected chi connectivity index (χ4v) is 4.35. The predicted molar refractivity (Wildman–Crippen MR) is 94.7 cm³/mol. The Hall–Kier alpha value is -2.25. The molecule has 1 saturated heterocycles. The molecule has 4 rings (SSSR count). The second-order valence-electron chi connectivity index (χ2n) is 7.30. The van der Waals surface area contributed by atoms with E-state index in [1.807, 2.05) is 31.4 Å². The van der Waals surface area contributed by atoms with Crippen molar-refractivity contribution in [2.45, 2.75) is 43.9 Å². The van der Waals surface area contributed by atoms with Crippen molar-refractivity contribution in [2.75, 3.05) is 13.7 Å². The van der Waals surface area contributed by atoms with Gasteiger partial charge in [-0.2, -0.15) is 0 Å². The van der Waals surface area contributed by atoms with Gasteiger partial charge in [0, 0.05) is 25.7 Å². The summed E-state index contributed by atoms with van der Waals surface area (Å²) in [6, 6.07) is 6.19. The van der Waals surface area contributed by atoms with E-state index in [-0.39, 0.29) is 23.7 Å². The van der Waals surface area contributed by atoms with Crippen molar-refractivity contribution in [3.63, 3.8) is 0 Å². The first-order valence-electron chi connectivity index (χ1n) is 8.99. The van der Waals surface area contributed by atoms with Crippen LogP contribution in [-0.4, -0.2) is 40.7 Å². The van der Waals surface area contributed by atoms with Crippen LogP contribution in [0.5, 0.6) is 0 Å². The first-order chi connectivity index (χ1) is 12.5. The summed E-state index contributed by atoms with van der Waals surface area (Å²) in [5.74, 6) is -0.301. The third-order valence-electron chi connectivity index (χ3n) is 5.40. The van der Waals surface area contributed by atoms with Gasteiger partial charge >= 0.3 is 5.97 Å². The van der Waals surface area contributed by atoms with Gasteiger partial charge in [0.15, 0.2) is 0 Å². The van der Waals surface area contributed by atoms with Gasteiger partial charge in [-0.25, -0.2) is 4.79 Å². The van der Waals surface area contributed by atoms with Crippen molar-refractivity contribution in [2.24, 2.45) is 7.05 Å². The lowest BCUT2D eigenvalue weighted by Gasteiger charge is -2.47. The molecule has 1 aromatic carbocycles. The summed E-state index contributed by atoms with van der Waals surface area (Å²) in [4.78, 5) is 11.9. The van der Waals surface area contributed by atoms with E-state index in [9.17, 15) is 4.79 Å². The molecule has 0 aliphatic carbocycles. The monoisotopic (exact) mass is 356 g/mol. The normalized spacial score (nSPS) is 28.0. The minimum absolute atomic E-state index is 0.0821. The van der Waals surface area contributed by atoms with E-state index in [1.165, 1.54) is 18.2 Å². The van der Waals surface area contributed by atoms with Crippen molar-refractivity contribution in [1.29, 1.82) is 0 Å². The number of nitrogens with zero attached hydrogens (tertiary/aromatic N) is 3. The summed E-state index contributed by atoms with van der Waals surface area (Å²) in [6.07, 6.45) is 4.43. The maximum atomic E-state index is 11.9. The van der Waals surface area contributed by atoms with Gasteiger partial charge in [0.2, 0.25) is 0 Å². The van der Waals surface area contributed by atoms with Crippen LogP contribution >= 0.6 is 0 Å². The van der Waals surface area contributed by atoms with Crippen LogP contribution in [0.25, 0.3) is 0 Å². The number of ether oxygens (including phenoxy) is 2. The van der Waals surface area contributed by atoms with Crippen LogP contribution in [0.4, 0.5) is 0 Å². The van der Waals surface area contributed by atoms with Crippen LogP contribution in [0.3, 0.4) is 0 Å². The Morgan fingerprint density at radius 2 is 2.27 bits per heavy atom. The van der Waals surface area contributed by atoms with Crippen LogP contribution in [0, 0.1) is 0 Å². The molecular weight excluding hydrogens is 332 g/mol. The predicted octanol–water partition coefficient (Wildman–Crippen LogP) is 1.88. The minimum Gasteiger partial charge on any atom is -0.465 e. The highest BCUT2D eigenvalue weighted by molar-refractivity contribution is 5.89. The quantitative estimate of drug-likeness (QED) is 0.828. The summed E-state index contributed by atoms with van der Waals surface area (Å²) < 4.78 is 13.0. The summed E-state index contributed by atoms with van der Waals surface area (Å²) in [5, 5.41) is 12.0. The highest BCUT2D eigenvalue weighted by atomic mass is 16.5. The minimum atomic E-state index is -0.366. The first kappa shape index (κ1) is 17.2. The molecule has 2 aliphatic rings. The molecule has 26 heavy (non-hydrogen) atoms. The second-order valence-corrected chi connectivity index (χ2v) is 7.30. The van der Waals surface area contributed by atoms with Gasteiger partial charge in [-0.1, -0.05) is 11.3 Å². The van der Waals surface area contributed by atoms with Gasteiger partial charge in [0.25, 0.3) is 0 Å². The molecule has 0 unspecified atom stereocenters. The van der Waals surface area contributed by atoms with Gasteiger partial charge in [0.1, 0.15) is 0 Å². The highest BCUT2D eigenvalue weighted by Gasteiger charge is 2.45. The number of rotatable bonds is 2. The van der Waals surface area contributed by atoms with Crippen LogP contribution in [0.2, 0.25) is 0 Å². The number of benzene rings is 1. The summed E-state index contributed by atoms with van der Waals surface area (Å²) in [7, 11) is 3.28. The van der Waals surface area contributed by atoms with E-state index in [2.05, 4.69) is 22.6 Å². The van der Waals surface area contributed by atoms with Gasteiger partial charge < -0.3 is 14.8 Å². The molecule has 1 spiro atoms. The van der Waals surface area contributed by atoms with E-state index in [0.717, 1.165) is 25.0 Å². The molecule has 7 nitrogen and oxygen atoms in total. The SMILES string of the molecule is COC(=O)c1ccc2c(c1)CCO[C@@]21C[C@@H](c2cn(C)nn2)N[C@@H](C)C1. The van der Waals surface area contributed by atoms with Crippen LogP contribution in [0.15, 0.2) is 24.4 Å². The van der Waals surface area contributed by atoms with Gasteiger partial charge in [-0.05, 0) is 43.0 Å². The lowest BCUT2D eigenvalue weighted by Crippen LogP contribution is -2.50. The molecule has 0 amide bonds. The zero-order chi connectivity index (χ0) is 18.3. The zero-order valence-electron chi connectivity index (χ0n) is 15.4. The maximum Gasteiger partial charge on any atom is 0.337 e. The average Bonchev–Trinajstić information content (AvgIpc) is 3.07. The average molecular weight is 356 g/mol. The molecule has 2 aliphatic heterocycles. The zero-order valence-corrected chi connectivity index (χ0v) is 15.4. The molecule has 1 N–H and O–H groups in total. The van der Waals surface area contributed by atoms with E-state index in [4.69, 9.17) is 9.47 Å². The van der Waals surface area contributed by atoms with E-state index < -0.39 is 0 Å². The molecule has 1 aromatic heterocycles. The molecule has 2 aromatic rings. The van der Waals surface area contributed by atoms with Gasteiger partial charge in [-0.15, -0.1) is 5.10 Å². The van der Waals surface area contributed by atoms with Crippen molar-refractivity contribution in [3.8, 4) is 0 Å². The molecule has 0 radical (unpaired) electrons. The van der Waals surface area contributed by atoms with Crippen molar-refractivity contribution >= 4 is 5.97 Å². The summed E-state index contributed by atoms with van der Waals surface area (Å²) in [5.41, 5.74) is 3.51. The Morgan fingerprint density at radius 1 is 1.42 bits per heavy atom. The number of hydrogen-bond acceptors (Lipinski definition) is 6. The molecule has 7 heteroatoms. The van der Waals surface area contributed by atoms with E-state index >= 15 is 0 Å². The number of aryl methyl sites for hydroxylation is 1. The number of aromatic nitrogens is 3. The number of fused-ring (bicyclic) bond motifs is 2. The summed E-state index contributed by atoms with van der Waals surface area (Å²) in [6.45, 7) is 2.82. The van der Waals surface area contributed by atoms with E-state index in [1.54, 1.807) is 4.68 Å². The fraction of sp³-hybridized carbons (Fsp3) is 0.526. The van der Waals surface area contributed by atoms with Gasteiger partial charge in [-0.3, -0.25) is 4.68 Å². The van der Waals surface area contributed by atoms with Gasteiger partial charge in [0.05, 0.1) is 36.6 Å². The number of hydrogen-bond donors (Lipinski definition) is 1. The Morgan fingerprint density at radius 3 is 3.00 bits per heavy atom. The van der Waals surface area contributed by atoms with Crippen LogP contribution < -0.4 is 5.32 Å². The molecule has 138 valence electrons. The lowest BCUT2D eigenvalue weighted by molar-refractivity contribution is -0.0987. The smallest absolute Gasteiger partial charge is 0.337 e. The number of esters is 1. The lowest BCUT2D eigenvalue weighted by atomic mass is 9.74. The van der Waals surface area contributed by atoms with E-state index in [0.29, 0.717) is 12.2 Å². The number of piperidine rings is 1. The van der Waals surface area contributed by atoms with Crippen LogP contribution in [0.1, 0.15) is 53.0 Å². The number of carbonyl (C=O) groups is 1. The highest BCUT2D eigenvalue weighted by Crippen LogP contribution is 2.46. The Balaban J connectivity index is 1.71. The fourth-order valence-electron chi connectivity index (χ4n) is 4.35. The third kappa shape index (κ3) is 2.91. The van der Waals surface area contributed by atoms with Crippen molar-refractivity contribution < 1.29 is 14.3 Å². The topological polar surface area (TPSA) is 78.3 Å². The largest absolute Gasteiger partial charge is 0.465 e. The standard InChI is InChI=1S/C19H24N4O3/c1-12-9-19(10-16(20-12)17-11-23(2)22-21-17)15-5-4-14(18(24)25-3)8-13(15)6-7-26-19/h4-5,8,11-12,16,20H,6-7,9-10H2,1-3H3/t12-,16-,19-/m0/s1. The molecule has 0 bridgehead atoms. The molecular formula is C19H24N4O3. The molecule has 3 heterocycles. The Kier molecular flexibility index (Phi) is 4.28. The first-order valence-corrected chi connectivity index (χ1v) is 8.99. The second kappa shape index (κ2) is 6.48. The molecule has 3 atom stereocenters. The number of nitrogens with one attached hydrogen (secondary N) is 1. The Labute approximate surface area is 152 Å². The van der Waals surface area contributed by atoms with Crippen molar-refractivity contribution in [1.82, 2.24) is 20.3 Å². The number of methoxy groups -OCH3 is 1. The summed E-state index contributed by atoms with van der Waals surface area (Å²) >= 11 is 0. The van der Waals surface area contributed by atoms with Crippen molar-refractivity contribution in [3.05, 3.63) is 46.8 Å².